The summed E-state index contributed by atoms with van der Waals surface area (Å²) in [6.45, 7) is 0.571. The number of nitrogens with zero attached hydrogens (tertiary/aromatic N) is 3. The summed E-state index contributed by atoms with van der Waals surface area (Å²) in [4.78, 5) is 0.202. The van der Waals surface area contributed by atoms with E-state index in [1.54, 1.807) is 47.5 Å². The first-order valence-electron chi connectivity index (χ1n) is 9.74. The second-order valence-corrected chi connectivity index (χ2v) is 9.30. The molecule has 1 heterocycles. The van der Waals surface area contributed by atoms with Crippen LogP contribution in [0.3, 0.4) is 0 Å². The molecule has 1 N–H and O–H groups in total. The fourth-order valence-corrected chi connectivity index (χ4v) is 4.46. The predicted octanol–water partition coefficient (Wildman–Crippen LogP) is -0.508. The maximum Gasteiger partial charge on any atom is 0.328 e. The maximum absolute atomic E-state index is 12.5. The zero-order valence-electron chi connectivity index (χ0n) is 17.3. The Morgan fingerprint density at radius 2 is 1.59 bits per heavy atom. The van der Waals surface area contributed by atoms with Gasteiger partial charge in [0.1, 0.15) is 11.9 Å². The van der Waals surface area contributed by atoms with Crippen molar-refractivity contribution in [3.8, 4) is 0 Å². The lowest BCUT2D eigenvalue weighted by molar-refractivity contribution is -0.274. The van der Waals surface area contributed by atoms with Crippen molar-refractivity contribution in [2.75, 3.05) is 13.6 Å². The molecule has 1 aliphatic heterocycles. The summed E-state index contributed by atoms with van der Waals surface area (Å²) in [6, 6.07) is 25.9. The van der Waals surface area contributed by atoms with Crippen LogP contribution in [0.2, 0.25) is 5.02 Å². The molecule has 9 heteroatoms. The number of benzene rings is 3. The molecule has 4 rings (SSSR count). The van der Waals surface area contributed by atoms with Crippen molar-refractivity contribution in [1.82, 2.24) is 10.1 Å². The molecule has 0 aromatic heterocycles. The summed E-state index contributed by atoms with van der Waals surface area (Å²) in [5, 5.41) is 8.83. The molecule has 3 aromatic rings. The SMILES string of the molecule is CN(C=[NH+]S(=O)(=O)c1ccccc1)N1CC(c2ccccc2)C(c2ccc(Cl)cc2)=N1.[Cl-]. The van der Waals surface area contributed by atoms with Crippen LogP contribution in [0.25, 0.3) is 0 Å². The van der Waals surface area contributed by atoms with E-state index in [-0.39, 0.29) is 23.2 Å². The lowest BCUT2D eigenvalue weighted by atomic mass is 9.91. The van der Waals surface area contributed by atoms with Gasteiger partial charge in [-0.25, -0.2) is 0 Å². The van der Waals surface area contributed by atoms with Gasteiger partial charge in [-0.05, 0) is 35.4 Å². The highest BCUT2D eigenvalue weighted by molar-refractivity contribution is 7.84. The molecule has 0 fully saturated rings. The van der Waals surface area contributed by atoms with Crippen molar-refractivity contribution in [2.45, 2.75) is 10.8 Å². The van der Waals surface area contributed by atoms with E-state index in [2.05, 4.69) is 16.5 Å². The summed E-state index contributed by atoms with van der Waals surface area (Å²) < 4.78 is 27.6. The number of hydrazine groups is 1. The molecule has 166 valence electrons. The minimum absolute atomic E-state index is 0. The fraction of sp³-hybridized carbons (Fsp3) is 0.130. The van der Waals surface area contributed by atoms with Crippen LogP contribution < -0.4 is 16.8 Å². The standard InChI is InChI=1S/C23H21ClN4O2S.ClH/c1-27(17-25-31(29,30)21-10-6-3-7-11-21)28-16-22(18-8-4-2-5-9-18)23(26-28)19-12-14-20(24)15-13-19;/h2-15,17,22H,16H2,1H3;1H. The summed E-state index contributed by atoms with van der Waals surface area (Å²) >= 11 is 6.06. The maximum atomic E-state index is 12.5. The van der Waals surface area contributed by atoms with Crippen molar-refractivity contribution in [2.24, 2.45) is 5.10 Å². The molecule has 6 nitrogen and oxygen atoms in total. The Hall–Kier alpha value is -2.87. The van der Waals surface area contributed by atoms with E-state index >= 15 is 0 Å². The molecular formula is C23H22Cl2N4O2S. The van der Waals surface area contributed by atoms with Gasteiger partial charge in [0, 0.05) is 5.02 Å². The van der Waals surface area contributed by atoms with E-state index < -0.39 is 10.0 Å². The minimum atomic E-state index is -3.66. The average molecular weight is 489 g/mol. The van der Waals surface area contributed by atoms with Gasteiger partial charge in [-0.2, -0.15) is 12.8 Å². The predicted molar refractivity (Wildman–Crippen MR) is 122 cm³/mol. The third-order valence-electron chi connectivity index (χ3n) is 5.05. The Labute approximate surface area is 199 Å². The van der Waals surface area contributed by atoms with Crippen LogP contribution in [-0.2, 0) is 10.0 Å². The number of hydrogen-bond acceptors (Lipinski definition) is 4. The molecule has 0 spiro atoms. The Bertz CT molecular complexity index is 1200. The quantitative estimate of drug-likeness (QED) is 0.375. The Kier molecular flexibility index (Phi) is 7.56. The molecule has 3 aromatic carbocycles. The third-order valence-corrected chi connectivity index (χ3v) is 6.61. The summed E-state index contributed by atoms with van der Waals surface area (Å²) in [5.74, 6) is 0.0314. The number of nitrogens with one attached hydrogen (secondary N) is 1. The van der Waals surface area contributed by atoms with E-state index in [1.807, 2.05) is 42.5 Å². The zero-order chi connectivity index (χ0) is 21.8. The number of halogens is 2. The zero-order valence-corrected chi connectivity index (χ0v) is 19.6. The highest BCUT2D eigenvalue weighted by Gasteiger charge is 2.33. The highest BCUT2D eigenvalue weighted by atomic mass is 35.5. The van der Waals surface area contributed by atoms with E-state index in [9.17, 15) is 8.42 Å². The molecule has 1 atom stereocenters. The Morgan fingerprint density at radius 1 is 1.00 bits per heavy atom. The first-order chi connectivity index (χ1) is 14.9. The molecule has 0 radical (unpaired) electrons. The molecular weight excluding hydrogens is 467 g/mol. The summed E-state index contributed by atoms with van der Waals surface area (Å²) in [6.07, 6.45) is 1.40. The van der Waals surface area contributed by atoms with Gasteiger partial charge >= 0.3 is 10.0 Å². The van der Waals surface area contributed by atoms with Crippen molar-refractivity contribution in [3.63, 3.8) is 0 Å². The summed E-state index contributed by atoms with van der Waals surface area (Å²) in [5.41, 5.74) is 3.00. The second kappa shape index (κ2) is 10.2. The van der Waals surface area contributed by atoms with E-state index in [1.165, 1.54) is 6.34 Å². The van der Waals surface area contributed by atoms with Crippen LogP contribution in [0.5, 0.6) is 0 Å². The van der Waals surface area contributed by atoms with Gasteiger partial charge in [0.15, 0.2) is 0 Å². The van der Waals surface area contributed by atoms with Gasteiger partial charge in [-0.1, -0.05) is 72.3 Å². The van der Waals surface area contributed by atoms with Crippen LogP contribution in [0.1, 0.15) is 17.0 Å². The highest BCUT2D eigenvalue weighted by Crippen LogP contribution is 2.29. The van der Waals surface area contributed by atoms with Crippen LogP contribution >= 0.6 is 11.6 Å². The molecule has 0 bridgehead atoms. The molecule has 0 aliphatic carbocycles. The Balaban J connectivity index is 0.00000289. The van der Waals surface area contributed by atoms with Crippen LogP contribution in [0.15, 0.2) is 94.9 Å². The largest absolute Gasteiger partial charge is 1.00 e. The average Bonchev–Trinajstić information content (AvgIpc) is 3.25. The van der Waals surface area contributed by atoms with Crippen molar-refractivity contribution < 1.29 is 25.2 Å². The monoisotopic (exact) mass is 488 g/mol. The molecule has 1 aliphatic rings. The van der Waals surface area contributed by atoms with Crippen LogP contribution in [0.4, 0.5) is 0 Å². The van der Waals surface area contributed by atoms with E-state index in [4.69, 9.17) is 16.7 Å². The van der Waals surface area contributed by atoms with E-state index in [0.717, 1.165) is 16.8 Å². The molecule has 32 heavy (non-hydrogen) atoms. The molecule has 1 unspecified atom stereocenters. The first kappa shape index (κ1) is 23.8. The van der Waals surface area contributed by atoms with Gasteiger partial charge in [0.25, 0.3) is 6.34 Å². The van der Waals surface area contributed by atoms with Gasteiger partial charge in [-0.3, -0.25) is 0 Å². The lowest BCUT2D eigenvalue weighted by Crippen LogP contribution is -3.00. The molecule has 0 saturated heterocycles. The fourth-order valence-electron chi connectivity index (χ4n) is 3.39. The van der Waals surface area contributed by atoms with Gasteiger partial charge < -0.3 is 12.4 Å². The molecule has 0 saturated carbocycles. The van der Waals surface area contributed by atoms with Crippen molar-refractivity contribution in [3.05, 3.63) is 101 Å². The number of sulfonamides is 1. The van der Waals surface area contributed by atoms with Crippen molar-refractivity contribution >= 4 is 33.7 Å². The van der Waals surface area contributed by atoms with Gasteiger partial charge in [0.2, 0.25) is 0 Å². The molecule has 0 amide bonds. The number of hydrogen-bond donors (Lipinski definition) is 1. The van der Waals surface area contributed by atoms with Gasteiger partial charge in [-0.15, -0.1) is 15.2 Å². The Morgan fingerprint density at radius 3 is 2.22 bits per heavy atom. The second-order valence-electron chi connectivity index (χ2n) is 7.15. The normalized spacial score (nSPS) is 16.0. The topological polar surface area (TPSA) is 67.0 Å². The smallest absolute Gasteiger partial charge is 0.328 e. The van der Waals surface area contributed by atoms with Crippen molar-refractivity contribution in [1.29, 1.82) is 0 Å². The minimum Gasteiger partial charge on any atom is -1.00 e. The summed E-state index contributed by atoms with van der Waals surface area (Å²) in [7, 11) is -1.90. The third kappa shape index (κ3) is 5.30. The number of hydrazone groups is 1. The van der Waals surface area contributed by atoms with E-state index in [0.29, 0.717) is 11.6 Å². The lowest BCUT2D eigenvalue weighted by Gasteiger charge is -2.18. The van der Waals surface area contributed by atoms with Crippen LogP contribution in [-0.4, -0.2) is 44.2 Å². The van der Waals surface area contributed by atoms with Crippen LogP contribution in [0, 0.1) is 0 Å². The first-order valence-corrected chi connectivity index (χ1v) is 11.6. The van der Waals surface area contributed by atoms with Gasteiger partial charge in [0.05, 0.1) is 18.2 Å². The number of rotatable bonds is 6.